The van der Waals surface area contributed by atoms with E-state index in [0.717, 1.165) is 61.6 Å². The van der Waals surface area contributed by atoms with E-state index >= 15 is 0 Å². The van der Waals surface area contributed by atoms with Gasteiger partial charge in [-0.05, 0) is 94.0 Å². The first kappa shape index (κ1) is 59.4. The minimum Gasteiger partial charge on any atom is -0.459 e. The summed E-state index contributed by atoms with van der Waals surface area (Å²) in [6, 6.07) is 14.3. The van der Waals surface area contributed by atoms with Crippen LogP contribution in [0.3, 0.4) is 0 Å². The molecule has 408 valence electrons. The molecule has 1 heterocycles. The number of benzene rings is 2. The number of carbonyl (C=O) groups is 2. The van der Waals surface area contributed by atoms with Gasteiger partial charge in [-0.15, -0.1) is 6.58 Å². The molecule has 2 aliphatic carbocycles. The second kappa shape index (κ2) is 32.0. The van der Waals surface area contributed by atoms with Gasteiger partial charge in [0.25, 0.3) is 0 Å². The van der Waals surface area contributed by atoms with Crippen molar-refractivity contribution in [1.82, 2.24) is 10.2 Å². The van der Waals surface area contributed by atoms with Gasteiger partial charge < -0.3 is 53.9 Å². The van der Waals surface area contributed by atoms with Gasteiger partial charge in [-0.25, -0.2) is 9.59 Å². The highest BCUT2D eigenvalue weighted by atomic mass is 16.7. The molecule has 0 radical (unpaired) electrons. The summed E-state index contributed by atoms with van der Waals surface area (Å²) in [6.07, 6.45) is 19.2. The molecule has 0 aromatic heterocycles. The largest absolute Gasteiger partial charge is 0.459 e. The van der Waals surface area contributed by atoms with Crippen LogP contribution < -0.4 is 14.8 Å². The number of fused-ring (bicyclic) bond motifs is 2. The van der Waals surface area contributed by atoms with Gasteiger partial charge in [-0.2, -0.15) is 0 Å². The smallest absolute Gasteiger partial charge is 0.412 e. The summed E-state index contributed by atoms with van der Waals surface area (Å²) in [4.78, 5) is 36.0. The quantitative estimate of drug-likeness (QED) is 0.0291. The molecule has 5 rings (SSSR count). The van der Waals surface area contributed by atoms with Crippen LogP contribution in [0.5, 0.6) is 11.5 Å². The number of ether oxygens (including phenoxy) is 6. The molecule has 2 aromatic carbocycles. The Morgan fingerprint density at radius 1 is 0.849 bits per heavy atom. The highest BCUT2D eigenvalue weighted by Crippen LogP contribution is 2.62. The molecule has 73 heavy (non-hydrogen) atoms. The lowest BCUT2D eigenvalue weighted by molar-refractivity contribution is -0.256. The van der Waals surface area contributed by atoms with Crippen molar-refractivity contribution in [2.75, 3.05) is 65.9 Å². The average molecular weight is 1020 g/mol. The number of hydrogen-bond acceptors (Lipinski definition) is 13. The molecule has 1 aliphatic heterocycles. The minimum atomic E-state index is -1.56. The Morgan fingerprint density at radius 2 is 1.56 bits per heavy atom. The Kier molecular flexibility index (Phi) is 26.1. The molecule has 0 spiro atoms. The summed E-state index contributed by atoms with van der Waals surface area (Å²) < 4.78 is 38.2. The van der Waals surface area contributed by atoms with Crippen molar-refractivity contribution in [2.45, 2.75) is 167 Å². The Labute approximate surface area is 436 Å². The molecule has 6 unspecified atom stereocenters. The molecule has 15 heteroatoms. The zero-order chi connectivity index (χ0) is 52.3. The number of nitrogens with zero attached hydrogens (tertiary/aromatic N) is 2. The van der Waals surface area contributed by atoms with Crippen LogP contribution in [0.4, 0.5) is 9.59 Å². The molecule has 6 atom stereocenters. The third-order valence-corrected chi connectivity index (χ3v) is 14.0. The maximum atomic E-state index is 14.8. The molecular formula is C58H89N3O12. The summed E-state index contributed by atoms with van der Waals surface area (Å²) in [7, 11) is 0. The zero-order valence-electron chi connectivity index (χ0n) is 44.6. The number of unbranched alkanes of at least 4 members (excludes halogenated alkanes) is 11. The number of rotatable bonds is 35. The lowest BCUT2D eigenvalue weighted by Crippen LogP contribution is -2.70. The van der Waals surface area contributed by atoms with Crippen LogP contribution in [-0.4, -0.2) is 121 Å². The number of hydrogen-bond donors (Lipinski definition) is 4. The van der Waals surface area contributed by atoms with Crippen LogP contribution in [0.15, 0.2) is 78.0 Å². The number of amides is 2. The second-order valence-corrected chi connectivity index (χ2v) is 20.7. The SMILES string of the molecule is C=CCOC12Oc3ccc(OC(=O)NCCCCCCCCCCCC)cc3C3C(CCCCO)C(CCCCO)C=C(C(=NOC(C)(C)C)CC1N(CCOCCO)C(=O)OCCOCc1ccccc1)C32. The van der Waals surface area contributed by atoms with E-state index in [9.17, 15) is 24.9 Å². The molecular weight excluding hydrogens is 931 g/mol. The van der Waals surface area contributed by atoms with Gasteiger partial charge in [-0.3, -0.25) is 4.90 Å². The maximum Gasteiger partial charge on any atom is 0.412 e. The summed E-state index contributed by atoms with van der Waals surface area (Å²) in [6.45, 7) is 13.3. The van der Waals surface area contributed by atoms with Crippen LogP contribution in [-0.2, 0) is 30.4 Å². The van der Waals surface area contributed by atoms with E-state index in [1.807, 2.05) is 63.2 Å². The maximum absolute atomic E-state index is 14.8. The van der Waals surface area contributed by atoms with Gasteiger partial charge >= 0.3 is 12.2 Å². The van der Waals surface area contributed by atoms with E-state index in [4.69, 9.17) is 38.4 Å². The van der Waals surface area contributed by atoms with E-state index in [-0.39, 0.29) is 83.6 Å². The number of aliphatic hydroxyl groups excluding tert-OH is 3. The Hall–Kier alpha value is -4.51. The molecule has 15 nitrogen and oxygen atoms in total. The Bertz CT molecular complexity index is 1990. The summed E-state index contributed by atoms with van der Waals surface area (Å²) >= 11 is 0. The highest BCUT2D eigenvalue weighted by molar-refractivity contribution is 6.03. The number of oxime groups is 1. The Balaban J connectivity index is 1.55. The number of nitrogens with one attached hydrogen (secondary N) is 1. The number of allylic oxidation sites excluding steroid dienone is 1. The second-order valence-electron chi connectivity index (χ2n) is 20.7. The Morgan fingerprint density at radius 3 is 2.25 bits per heavy atom. The molecule has 1 saturated carbocycles. The summed E-state index contributed by atoms with van der Waals surface area (Å²) in [5.74, 6) is -1.67. The summed E-state index contributed by atoms with van der Waals surface area (Å²) in [5, 5.41) is 37.6. The van der Waals surface area contributed by atoms with Gasteiger partial charge in [0.05, 0.1) is 51.3 Å². The molecule has 0 saturated heterocycles. The van der Waals surface area contributed by atoms with Crippen molar-refractivity contribution in [3.63, 3.8) is 0 Å². The van der Waals surface area contributed by atoms with Gasteiger partial charge in [0, 0.05) is 44.2 Å². The van der Waals surface area contributed by atoms with Gasteiger partial charge in [0.15, 0.2) is 0 Å². The fourth-order valence-corrected chi connectivity index (χ4v) is 10.6. The van der Waals surface area contributed by atoms with Gasteiger partial charge in [-0.1, -0.05) is 125 Å². The lowest BCUT2D eigenvalue weighted by atomic mass is 9.55. The third-order valence-electron chi connectivity index (χ3n) is 14.0. The standard InChI is InChI=1S/C58H89N3O12/c1-6-8-9-10-11-12-13-14-15-21-30-59-55(65)71-46-28-29-51-49(41-46)53-47(27-20-23-33-63)45(26-19-22-32-62)40-48-50(60-73-57(3,4)5)42-52(58(72-51,54(48)53)70-35-7-2)61(31-36-67-37-34-64)56(66)69-39-38-68-43-44-24-17-16-18-25-44/h7,16-18,24-25,28-29,40-41,45,47,52-54,62-64H,2,6,8-15,19-23,26-27,30-39,42-43H2,1,3-5H3,(H,59,65). The molecule has 1 fully saturated rings. The van der Waals surface area contributed by atoms with Crippen molar-refractivity contribution < 1.29 is 58.2 Å². The summed E-state index contributed by atoms with van der Waals surface area (Å²) in [5.41, 5.74) is 2.65. The van der Waals surface area contributed by atoms with Crippen molar-refractivity contribution in [2.24, 2.45) is 22.9 Å². The monoisotopic (exact) mass is 1020 g/mol. The van der Waals surface area contributed by atoms with E-state index in [1.54, 1.807) is 17.0 Å². The minimum absolute atomic E-state index is 0.00120. The fourth-order valence-electron chi connectivity index (χ4n) is 10.6. The van der Waals surface area contributed by atoms with Crippen molar-refractivity contribution >= 4 is 17.9 Å². The highest BCUT2D eigenvalue weighted by Gasteiger charge is 2.65. The first-order valence-corrected chi connectivity index (χ1v) is 27.5. The van der Waals surface area contributed by atoms with Crippen LogP contribution in [0.25, 0.3) is 0 Å². The topological polar surface area (TPSA) is 187 Å². The molecule has 0 bridgehead atoms. The zero-order valence-corrected chi connectivity index (χ0v) is 44.6. The number of carbonyl (C=O) groups excluding carboxylic acids is 2. The normalized spacial score (nSPS) is 21.6. The first-order chi connectivity index (χ1) is 35.5. The predicted molar refractivity (Wildman–Crippen MR) is 284 cm³/mol. The van der Waals surface area contributed by atoms with Crippen molar-refractivity contribution in [3.8, 4) is 11.5 Å². The fraction of sp³-hybridized carbons (Fsp3) is 0.672. The predicted octanol–water partition coefficient (Wildman–Crippen LogP) is 10.8. The average Bonchev–Trinajstić information content (AvgIpc) is 3.38. The van der Waals surface area contributed by atoms with E-state index < -0.39 is 35.5 Å². The van der Waals surface area contributed by atoms with Crippen LogP contribution in [0.2, 0.25) is 0 Å². The van der Waals surface area contributed by atoms with Crippen LogP contribution in [0, 0.1) is 17.8 Å². The molecule has 2 amide bonds. The van der Waals surface area contributed by atoms with Crippen molar-refractivity contribution in [3.05, 3.63) is 84.0 Å². The van der Waals surface area contributed by atoms with E-state index in [2.05, 4.69) is 24.9 Å². The molecule has 4 N–H and O–H groups in total. The van der Waals surface area contributed by atoms with E-state index in [0.29, 0.717) is 43.2 Å². The van der Waals surface area contributed by atoms with Crippen LogP contribution >= 0.6 is 0 Å². The van der Waals surface area contributed by atoms with Crippen molar-refractivity contribution in [1.29, 1.82) is 0 Å². The van der Waals surface area contributed by atoms with Gasteiger partial charge in [0.2, 0.25) is 5.79 Å². The molecule has 3 aliphatic rings. The van der Waals surface area contributed by atoms with Gasteiger partial charge in [0.1, 0.15) is 29.7 Å². The van der Waals surface area contributed by atoms with Crippen LogP contribution in [0.1, 0.15) is 154 Å². The number of aliphatic hydroxyl groups is 3. The first-order valence-electron chi connectivity index (χ1n) is 27.5. The third kappa shape index (κ3) is 18.4. The lowest BCUT2D eigenvalue weighted by Gasteiger charge is -2.59. The van der Waals surface area contributed by atoms with E-state index in [1.165, 1.54) is 44.9 Å². The molecule has 2 aromatic rings.